The number of anilines is 1. The molecule has 0 bridgehead atoms. The zero-order valence-corrected chi connectivity index (χ0v) is 19.2. The largest absolute Gasteiger partial charge is 0.493 e. The molecule has 2 N–H and O–H groups in total. The SMILES string of the molecule is COc1cc(CNc2ccc(C(=O)O)cc2C)cc(Br)c1OCc1c(F)cccc1Cl. The molecule has 0 saturated heterocycles. The number of carboxylic acid groups (broad SMARTS) is 1. The normalized spacial score (nSPS) is 10.6. The standard InChI is InChI=1S/C23H20BrClFNO4/c1-13-8-15(23(28)29)6-7-20(13)27-11-14-9-17(24)22(21(10-14)30-2)31-12-16-18(25)4-3-5-19(16)26/h3-10,27H,11-12H2,1-2H3,(H,28,29). The minimum Gasteiger partial charge on any atom is -0.493 e. The van der Waals surface area contributed by atoms with Crippen LogP contribution < -0.4 is 14.8 Å². The summed E-state index contributed by atoms with van der Waals surface area (Å²) in [6, 6.07) is 13.1. The second kappa shape index (κ2) is 10.0. The van der Waals surface area contributed by atoms with Crippen molar-refractivity contribution < 1.29 is 23.8 Å². The highest BCUT2D eigenvalue weighted by Crippen LogP contribution is 2.38. The van der Waals surface area contributed by atoms with Gasteiger partial charge in [-0.25, -0.2) is 9.18 Å². The third kappa shape index (κ3) is 5.48. The first-order valence-corrected chi connectivity index (χ1v) is 10.5. The molecule has 3 rings (SSSR count). The lowest BCUT2D eigenvalue weighted by Crippen LogP contribution is -2.05. The summed E-state index contributed by atoms with van der Waals surface area (Å²) in [5.74, 6) is -0.479. The minimum atomic E-state index is -0.962. The lowest BCUT2D eigenvalue weighted by Gasteiger charge is -2.16. The van der Waals surface area contributed by atoms with E-state index in [1.54, 1.807) is 24.3 Å². The van der Waals surface area contributed by atoms with Crippen molar-refractivity contribution in [2.45, 2.75) is 20.1 Å². The molecule has 31 heavy (non-hydrogen) atoms. The maximum Gasteiger partial charge on any atom is 0.335 e. The van der Waals surface area contributed by atoms with Crippen LogP contribution in [-0.4, -0.2) is 18.2 Å². The molecule has 0 aromatic heterocycles. The van der Waals surface area contributed by atoms with Crippen LogP contribution in [0, 0.1) is 12.7 Å². The van der Waals surface area contributed by atoms with Crippen molar-refractivity contribution in [1.82, 2.24) is 0 Å². The Morgan fingerprint density at radius 3 is 2.65 bits per heavy atom. The Bertz CT molecular complexity index is 1100. The molecule has 0 aliphatic rings. The van der Waals surface area contributed by atoms with Crippen LogP contribution in [0.4, 0.5) is 10.1 Å². The average Bonchev–Trinajstić information content (AvgIpc) is 2.73. The number of halogens is 3. The van der Waals surface area contributed by atoms with Gasteiger partial charge < -0.3 is 19.9 Å². The topological polar surface area (TPSA) is 67.8 Å². The van der Waals surface area contributed by atoms with E-state index in [0.29, 0.717) is 27.5 Å². The first kappa shape index (κ1) is 22.9. The van der Waals surface area contributed by atoms with Crippen LogP contribution in [0.2, 0.25) is 5.02 Å². The van der Waals surface area contributed by atoms with Crippen molar-refractivity contribution in [3.05, 3.63) is 86.1 Å². The van der Waals surface area contributed by atoms with E-state index in [4.69, 9.17) is 26.2 Å². The van der Waals surface area contributed by atoms with Gasteiger partial charge in [0.1, 0.15) is 12.4 Å². The Kier molecular flexibility index (Phi) is 7.41. The Balaban J connectivity index is 1.75. The molecule has 0 radical (unpaired) electrons. The molecule has 0 amide bonds. The van der Waals surface area contributed by atoms with Crippen molar-refractivity contribution >= 4 is 39.2 Å². The van der Waals surface area contributed by atoms with Crippen LogP contribution in [0.1, 0.15) is 27.0 Å². The van der Waals surface area contributed by atoms with Crippen molar-refractivity contribution in [2.24, 2.45) is 0 Å². The molecule has 0 aliphatic heterocycles. The van der Waals surface area contributed by atoms with Crippen molar-refractivity contribution in [1.29, 1.82) is 0 Å². The summed E-state index contributed by atoms with van der Waals surface area (Å²) < 4.78 is 25.9. The number of carbonyl (C=O) groups is 1. The van der Waals surface area contributed by atoms with Gasteiger partial charge in [-0.1, -0.05) is 17.7 Å². The summed E-state index contributed by atoms with van der Waals surface area (Å²) in [5.41, 5.74) is 3.07. The Hall–Kier alpha value is -2.77. The summed E-state index contributed by atoms with van der Waals surface area (Å²) in [4.78, 5) is 11.1. The number of methoxy groups -OCH3 is 1. The highest BCUT2D eigenvalue weighted by molar-refractivity contribution is 9.10. The summed E-state index contributed by atoms with van der Waals surface area (Å²) in [6.07, 6.45) is 0. The molecule has 3 aromatic carbocycles. The van der Waals surface area contributed by atoms with Gasteiger partial charge in [0.15, 0.2) is 11.5 Å². The summed E-state index contributed by atoms with van der Waals surface area (Å²) >= 11 is 9.56. The van der Waals surface area contributed by atoms with E-state index >= 15 is 0 Å². The highest BCUT2D eigenvalue weighted by Gasteiger charge is 2.15. The van der Waals surface area contributed by atoms with Crippen LogP contribution in [0.3, 0.4) is 0 Å². The fourth-order valence-corrected chi connectivity index (χ4v) is 3.84. The monoisotopic (exact) mass is 507 g/mol. The van der Waals surface area contributed by atoms with E-state index < -0.39 is 11.8 Å². The van der Waals surface area contributed by atoms with Gasteiger partial charge in [0, 0.05) is 17.8 Å². The molecule has 0 atom stereocenters. The smallest absolute Gasteiger partial charge is 0.335 e. The molecule has 162 valence electrons. The maximum absolute atomic E-state index is 14.0. The van der Waals surface area contributed by atoms with Gasteiger partial charge in [-0.3, -0.25) is 0 Å². The van der Waals surface area contributed by atoms with E-state index in [0.717, 1.165) is 16.8 Å². The molecule has 0 fully saturated rings. The van der Waals surface area contributed by atoms with Crippen LogP contribution in [0.15, 0.2) is 53.0 Å². The molecular weight excluding hydrogens is 489 g/mol. The number of rotatable bonds is 8. The van der Waals surface area contributed by atoms with Crippen LogP contribution in [0.25, 0.3) is 0 Å². The molecule has 3 aromatic rings. The minimum absolute atomic E-state index is 0.0484. The summed E-state index contributed by atoms with van der Waals surface area (Å²) in [7, 11) is 1.52. The zero-order chi connectivity index (χ0) is 22.5. The number of aromatic carboxylic acids is 1. The molecule has 0 heterocycles. The molecule has 8 heteroatoms. The second-order valence-corrected chi connectivity index (χ2v) is 8.05. The molecule has 0 unspecified atom stereocenters. The Morgan fingerprint density at radius 1 is 1.23 bits per heavy atom. The van der Waals surface area contributed by atoms with E-state index in [1.807, 2.05) is 19.1 Å². The lowest BCUT2D eigenvalue weighted by atomic mass is 10.1. The zero-order valence-electron chi connectivity index (χ0n) is 16.8. The number of nitrogens with one attached hydrogen (secondary N) is 1. The van der Waals surface area contributed by atoms with Crippen molar-refractivity contribution in [3.8, 4) is 11.5 Å². The average molecular weight is 509 g/mol. The van der Waals surface area contributed by atoms with Crippen LogP contribution in [-0.2, 0) is 13.2 Å². The quantitative estimate of drug-likeness (QED) is 0.366. The Labute approximate surface area is 192 Å². The van der Waals surface area contributed by atoms with Crippen LogP contribution >= 0.6 is 27.5 Å². The number of benzene rings is 3. The number of hydrogen-bond donors (Lipinski definition) is 2. The third-order valence-corrected chi connectivity index (χ3v) is 5.61. The summed E-state index contributed by atoms with van der Waals surface area (Å²) in [5, 5.41) is 12.7. The molecule has 0 aliphatic carbocycles. The van der Waals surface area contributed by atoms with E-state index in [1.165, 1.54) is 19.2 Å². The van der Waals surface area contributed by atoms with Gasteiger partial charge >= 0.3 is 5.97 Å². The van der Waals surface area contributed by atoms with Gasteiger partial charge in [0.2, 0.25) is 0 Å². The lowest BCUT2D eigenvalue weighted by molar-refractivity contribution is 0.0697. The van der Waals surface area contributed by atoms with E-state index in [9.17, 15) is 9.18 Å². The first-order valence-electron chi connectivity index (χ1n) is 9.30. The third-order valence-electron chi connectivity index (χ3n) is 4.67. The number of hydrogen-bond acceptors (Lipinski definition) is 4. The van der Waals surface area contributed by atoms with Gasteiger partial charge in [0.25, 0.3) is 0 Å². The molecule has 5 nitrogen and oxygen atoms in total. The maximum atomic E-state index is 14.0. The highest BCUT2D eigenvalue weighted by atomic mass is 79.9. The van der Waals surface area contributed by atoms with E-state index in [-0.39, 0.29) is 17.7 Å². The van der Waals surface area contributed by atoms with Gasteiger partial charge in [-0.2, -0.15) is 0 Å². The number of carboxylic acids is 1. The van der Waals surface area contributed by atoms with Crippen molar-refractivity contribution in [3.63, 3.8) is 0 Å². The van der Waals surface area contributed by atoms with Gasteiger partial charge in [-0.05, 0) is 76.4 Å². The van der Waals surface area contributed by atoms with Gasteiger partial charge in [-0.15, -0.1) is 0 Å². The van der Waals surface area contributed by atoms with E-state index in [2.05, 4.69) is 21.2 Å². The molecular formula is C23H20BrClFNO4. The number of aryl methyl sites for hydroxylation is 1. The Morgan fingerprint density at radius 2 is 2.00 bits per heavy atom. The predicted octanol–water partition coefficient (Wildman–Crippen LogP) is 6.45. The molecule has 0 saturated carbocycles. The second-order valence-electron chi connectivity index (χ2n) is 6.79. The van der Waals surface area contributed by atoms with Crippen molar-refractivity contribution in [2.75, 3.05) is 12.4 Å². The van der Waals surface area contributed by atoms with Gasteiger partial charge in [0.05, 0.1) is 22.2 Å². The predicted molar refractivity (Wildman–Crippen MR) is 122 cm³/mol. The number of ether oxygens (including phenoxy) is 2. The first-order chi connectivity index (χ1) is 14.8. The molecule has 0 spiro atoms. The fourth-order valence-electron chi connectivity index (χ4n) is 3.02. The van der Waals surface area contributed by atoms with Crippen LogP contribution in [0.5, 0.6) is 11.5 Å². The fraction of sp³-hybridized carbons (Fsp3) is 0.174. The summed E-state index contributed by atoms with van der Waals surface area (Å²) in [6.45, 7) is 2.27.